The van der Waals surface area contributed by atoms with Crippen LogP contribution in [0.1, 0.15) is 61.5 Å². The van der Waals surface area contributed by atoms with Crippen molar-refractivity contribution in [1.29, 1.82) is 0 Å². The number of aromatic nitrogens is 2. The number of rotatable bonds is 8. The summed E-state index contributed by atoms with van der Waals surface area (Å²) in [6.45, 7) is 4.83. The standard InChI is InChI=1S/C29H34N4O6/c1-3-36-29(35)33-19-8-6-18(7-9-19)32-28(34)23-16(2)31-25-20(12-13-30-26(23)25)24-21(37-14-17-4-5-17)10-11-22-27(24)39-15-38-22/h10-13,17-19,31H,3-9,14-15H2,1-2H3,(H,32,34)(H,33,35). The zero-order valence-electron chi connectivity index (χ0n) is 22.3. The normalized spacial score (nSPS) is 20.1. The van der Waals surface area contributed by atoms with E-state index in [4.69, 9.17) is 18.9 Å². The number of alkyl carbamates (subject to hydrolysis) is 1. The number of nitrogens with zero attached hydrogens (tertiary/aromatic N) is 1. The van der Waals surface area contributed by atoms with Crippen molar-refractivity contribution in [3.05, 3.63) is 35.7 Å². The molecule has 0 bridgehead atoms. The summed E-state index contributed by atoms with van der Waals surface area (Å²) in [5.74, 6) is 2.48. The van der Waals surface area contributed by atoms with Gasteiger partial charge >= 0.3 is 6.09 Å². The fourth-order valence-electron chi connectivity index (χ4n) is 5.49. The van der Waals surface area contributed by atoms with Gasteiger partial charge in [0.25, 0.3) is 5.91 Å². The average molecular weight is 535 g/mol. The monoisotopic (exact) mass is 534 g/mol. The molecular weight excluding hydrogens is 500 g/mol. The van der Waals surface area contributed by atoms with Crippen molar-refractivity contribution in [3.63, 3.8) is 0 Å². The molecule has 6 rings (SSSR count). The number of fused-ring (bicyclic) bond motifs is 2. The lowest BCUT2D eigenvalue weighted by Crippen LogP contribution is -2.44. The minimum absolute atomic E-state index is 0.0237. The first-order valence-electron chi connectivity index (χ1n) is 13.8. The van der Waals surface area contributed by atoms with E-state index in [0.717, 1.165) is 53.8 Å². The summed E-state index contributed by atoms with van der Waals surface area (Å²) in [5.41, 5.74) is 4.28. The van der Waals surface area contributed by atoms with Crippen LogP contribution in [-0.4, -0.2) is 54.1 Å². The zero-order chi connectivity index (χ0) is 26.9. The van der Waals surface area contributed by atoms with Crippen LogP contribution in [0.3, 0.4) is 0 Å². The molecule has 0 atom stereocenters. The number of hydrogen-bond donors (Lipinski definition) is 3. The highest BCUT2D eigenvalue weighted by Gasteiger charge is 2.30. The van der Waals surface area contributed by atoms with Crippen LogP contribution in [0.15, 0.2) is 24.4 Å². The molecule has 2 aromatic heterocycles. The number of ether oxygens (including phenoxy) is 4. The van der Waals surface area contributed by atoms with Gasteiger partial charge in [0.2, 0.25) is 6.79 Å². The number of aromatic amines is 1. The Kier molecular flexibility index (Phi) is 6.93. The van der Waals surface area contributed by atoms with Gasteiger partial charge in [0.15, 0.2) is 11.5 Å². The summed E-state index contributed by atoms with van der Waals surface area (Å²) in [6, 6.07) is 5.80. The first kappa shape index (κ1) is 25.3. The van der Waals surface area contributed by atoms with Gasteiger partial charge < -0.3 is 34.6 Å². The third kappa shape index (κ3) is 5.20. The maximum Gasteiger partial charge on any atom is 0.407 e. The molecule has 2 saturated carbocycles. The Morgan fingerprint density at radius 1 is 1.05 bits per heavy atom. The van der Waals surface area contributed by atoms with Crippen LogP contribution in [0, 0.1) is 12.8 Å². The Hall–Kier alpha value is -3.95. The van der Waals surface area contributed by atoms with Gasteiger partial charge in [-0.3, -0.25) is 9.78 Å². The minimum Gasteiger partial charge on any atom is -0.493 e. The molecule has 10 nitrogen and oxygen atoms in total. The fourth-order valence-corrected chi connectivity index (χ4v) is 5.49. The summed E-state index contributed by atoms with van der Waals surface area (Å²) >= 11 is 0. The minimum atomic E-state index is -0.386. The van der Waals surface area contributed by atoms with Crippen LogP contribution in [0.2, 0.25) is 0 Å². The van der Waals surface area contributed by atoms with Gasteiger partial charge in [0.1, 0.15) is 11.3 Å². The van der Waals surface area contributed by atoms with Crippen molar-refractivity contribution in [3.8, 4) is 28.4 Å². The van der Waals surface area contributed by atoms with E-state index < -0.39 is 0 Å². The molecule has 2 aliphatic carbocycles. The van der Waals surface area contributed by atoms with E-state index in [0.29, 0.717) is 41.7 Å². The van der Waals surface area contributed by atoms with Crippen molar-refractivity contribution in [2.75, 3.05) is 20.0 Å². The Morgan fingerprint density at radius 3 is 2.56 bits per heavy atom. The summed E-state index contributed by atoms with van der Waals surface area (Å²) in [7, 11) is 0. The number of pyridine rings is 1. The SMILES string of the molecule is CCOC(=O)NC1CCC(NC(=O)c2c(C)[nH]c3c(-c4c(OCC5CC5)ccc5c4OCO5)ccnc23)CC1. The third-order valence-corrected chi connectivity index (χ3v) is 7.70. The topological polar surface area (TPSA) is 124 Å². The van der Waals surface area contributed by atoms with Crippen LogP contribution < -0.4 is 24.8 Å². The lowest BCUT2D eigenvalue weighted by molar-refractivity contribution is 0.0922. The van der Waals surface area contributed by atoms with Crippen LogP contribution in [0.25, 0.3) is 22.2 Å². The number of nitrogens with one attached hydrogen (secondary N) is 3. The van der Waals surface area contributed by atoms with Crippen molar-refractivity contribution in [2.24, 2.45) is 5.92 Å². The smallest absolute Gasteiger partial charge is 0.407 e. The van der Waals surface area contributed by atoms with E-state index in [-0.39, 0.29) is 30.9 Å². The first-order valence-corrected chi connectivity index (χ1v) is 13.8. The largest absolute Gasteiger partial charge is 0.493 e. The van der Waals surface area contributed by atoms with Gasteiger partial charge in [-0.25, -0.2) is 4.79 Å². The molecule has 3 aliphatic rings. The lowest BCUT2D eigenvalue weighted by Gasteiger charge is -2.29. The van der Waals surface area contributed by atoms with Crippen LogP contribution >= 0.6 is 0 Å². The number of H-pyrrole nitrogens is 1. The van der Waals surface area contributed by atoms with E-state index in [1.165, 1.54) is 12.8 Å². The van der Waals surface area contributed by atoms with E-state index in [2.05, 4.69) is 20.6 Å². The Labute approximate surface area is 226 Å². The Balaban J connectivity index is 1.24. The lowest BCUT2D eigenvalue weighted by atomic mass is 9.91. The molecule has 3 heterocycles. The molecular formula is C29H34N4O6. The van der Waals surface area contributed by atoms with Gasteiger partial charge in [-0.15, -0.1) is 0 Å². The molecule has 0 saturated heterocycles. The van der Waals surface area contributed by atoms with Crippen molar-refractivity contribution < 1.29 is 28.5 Å². The summed E-state index contributed by atoms with van der Waals surface area (Å²) in [5, 5.41) is 6.09. The second kappa shape index (κ2) is 10.7. The molecule has 3 N–H and O–H groups in total. The predicted molar refractivity (Wildman–Crippen MR) is 144 cm³/mol. The van der Waals surface area contributed by atoms with Gasteiger partial charge in [-0.05, 0) is 76.5 Å². The van der Waals surface area contributed by atoms with Gasteiger partial charge in [0.05, 0.1) is 29.9 Å². The van der Waals surface area contributed by atoms with Crippen molar-refractivity contribution >= 4 is 23.0 Å². The molecule has 0 radical (unpaired) electrons. The number of hydrogen-bond acceptors (Lipinski definition) is 7. The summed E-state index contributed by atoms with van der Waals surface area (Å²) in [4.78, 5) is 33.3. The number of aryl methyl sites for hydroxylation is 1. The third-order valence-electron chi connectivity index (χ3n) is 7.70. The number of amides is 2. The van der Waals surface area contributed by atoms with Crippen LogP contribution in [0.4, 0.5) is 4.79 Å². The molecule has 10 heteroatoms. The molecule has 0 unspecified atom stereocenters. The predicted octanol–water partition coefficient (Wildman–Crippen LogP) is 4.84. The maximum atomic E-state index is 13.5. The molecule has 2 amide bonds. The van der Waals surface area contributed by atoms with Crippen LogP contribution in [0.5, 0.6) is 17.2 Å². The summed E-state index contributed by atoms with van der Waals surface area (Å²) < 4.78 is 22.8. The fraction of sp³-hybridized carbons (Fsp3) is 0.483. The van der Waals surface area contributed by atoms with Crippen molar-refractivity contribution in [1.82, 2.24) is 20.6 Å². The van der Waals surface area contributed by atoms with E-state index in [9.17, 15) is 9.59 Å². The quantitative estimate of drug-likeness (QED) is 0.378. The summed E-state index contributed by atoms with van der Waals surface area (Å²) in [6.07, 6.45) is 6.83. The van der Waals surface area contributed by atoms with E-state index in [1.807, 2.05) is 25.1 Å². The molecule has 2 fully saturated rings. The molecule has 0 spiro atoms. The number of carbonyl (C=O) groups is 2. The highest BCUT2D eigenvalue weighted by molar-refractivity contribution is 6.10. The number of carbonyl (C=O) groups excluding carboxylic acids is 2. The van der Waals surface area contributed by atoms with Gasteiger partial charge in [-0.2, -0.15) is 0 Å². The van der Waals surface area contributed by atoms with E-state index >= 15 is 0 Å². The zero-order valence-corrected chi connectivity index (χ0v) is 22.3. The molecule has 3 aromatic rings. The van der Waals surface area contributed by atoms with Gasteiger partial charge in [0, 0.05) is 29.5 Å². The van der Waals surface area contributed by atoms with Crippen molar-refractivity contribution in [2.45, 2.75) is 64.5 Å². The molecule has 39 heavy (non-hydrogen) atoms. The van der Waals surface area contributed by atoms with Crippen LogP contribution in [-0.2, 0) is 4.74 Å². The Bertz CT molecular complexity index is 1390. The second-order valence-corrected chi connectivity index (χ2v) is 10.5. The highest BCUT2D eigenvalue weighted by Crippen LogP contribution is 2.49. The van der Waals surface area contributed by atoms with Gasteiger partial charge in [-0.1, -0.05) is 0 Å². The Morgan fingerprint density at radius 2 is 1.82 bits per heavy atom. The van der Waals surface area contributed by atoms with E-state index in [1.54, 1.807) is 13.1 Å². The molecule has 1 aromatic carbocycles. The number of benzene rings is 1. The molecule has 1 aliphatic heterocycles. The second-order valence-electron chi connectivity index (χ2n) is 10.5. The highest BCUT2D eigenvalue weighted by atomic mass is 16.7. The first-order chi connectivity index (χ1) is 19.0. The maximum absolute atomic E-state index is 13.5. The average Bonchev–Trinajstić information content (AvgIpc) is 3.51. The molecule has 206 valence electrons.